The van der Waals surface area contributed by atoms with Crippen molar-refractivity contribution in [3.05, 3.63) is 28.3 Å². The highest BCUT2D eigenvalue weighted by Gasteiger charge is 2.20. The summed E-state index contributed by atoms with van der Waals surface area (Å²) >= 11 is 0. The van der Waals surface area contributed by atoms with Gasteiger partial charge in [0.05, 0.1) is 4.92 Å². The first-order valence-electron chi connectivity index (χ1n) is 6.64. The fourth-order valence-electron chi connectivity index (χ4n) is 2.29. The van der Waals surface area contributed by atoms with Gasteiger partial charge in [0.1, 0.15) is 5.69 Å². The lowest BCUT2D eigenvalue weighted by Crippen LogP contribution is -2.44. The average molecular weight is 278 g/mol. The van der Waals surface area contributed by atoms with Gasteiger partial charge in [0.2, 0.25) is 0 Å². The van der Waals surface area contributed by atoms with E-state index in [-0.39, 0.29) is 5.69 Å². The van der Waals surface area contributed by atoms with E-state index in [9.17, 15) is 15.1 Å². The molecule has 2 rings (SSSR count). The molecule has 0 unspecified atom stereocenters. The highest BCUT2D eigenvalue weighted by atomic mass is 16.6. The van der Waals surface area contributed by atoms with Crippen LogP contribution < -0.4 is 10.1 Å². The first kappa shape index (κ1) is 14.6. The lowest BCUT2D eigenvalue weighted by Gasteiger charge is -2.34. The van der Waals surface area contributed by atoms with Crippen molar-refractivity contribution in [1.82, 2.24) is 4.90 Å². The van der Waals surface area contributed by atoms with E-state index in [1.807, 2.05) is 0 Å². The molecule has 0 bridgehead atoms. The number of hydrogen-bond donors (Lipinski definition) is 2. The predicted octanol–water partition coefficient (Wildman–Crippen LogP) is 0.869. The fourth-order valence-corrected chi connectivity index (χ4v) is 2.29. The highest BCUT2D eigenvalue weighted by molar-refractivity contribution is 6.53. The van der Waals surface area contributed by atoms with Crippen LogP contribution in [0.3, 0.4) is 0 Å². The van der Waals surface area contributed by atoms with E-state index < -0.39 is 12.0 Å². The van der Waals surface area contributed by atoms with Crippen molar-refractivity contribution in [2.75, 3.05) is 43.4 Å². The van der Waals surface area contributed by atoms with E-state index in [2.05, 4.69) is 22.1 Å². The molecule has 7 nitrogen and oxygen atoms in total. The van der Waals surface area contributed by atoms with Crippen LogP contribution >= 0.6 is 0 Å². The Morgan fingerprint density at radius 1 is 1.35 bits per heavy atom. The van der Waals surface area contributed by atoms with Crippen LogP contribution in [0.5, 0.6) is 0 Å². The van der Waals surface area contributed by atoms with E-state index in [1.54, 1.807) is 12.1 Å². The molecule has 108 valence electrons. The minimum absolute atomic E-state index is 0.0243. The lowest BCUT2D eigenvalue weighted by atomic mass is 9.88. The largest absolute Gasteiger partial charge is 0.433 e. The smallest absolute Gasteiger partial charge is 0.407 e. The molecule has 0 radical (unpaired) electrons. The molecule has 8 heteroatoms. The van der Waals surface area contributed by atoms with Crippen molar-refractivity contribution in [2.24, 2.45) is 0 Å². The maximum atomic E-state index is 11.0. The van der Waals surface area contributed by atoms with Crippen LogP contribution in [0.4, 0.5) is 17.1 Å². The van der Waals surface area contributed by atoms with Gasteiger partial charge in [-0.3, -0.25) is 10.1 Å². The fraction of sp³-hybridized carbons (Fsp3) is 0.500. The summed E-state index contributed by atoms with van der Waals surface area (Å²) in [5.41, 5.74) is 1.26. The van der Waals surface area contributed by atoms with E-state index in [1.165, 1.54) is 12.9 Å². The van der Waals surface area contributed by atoms with Gasteiger partial charge in [-0.25, -0.2) is 0 Å². The van der Waals surface area contributed by atoms with E-state index in [4.69, 9.17) is 0 Å². The highest BCUT2D eigenvalue weighted by Crippen LogP contribution is 2.30. The van der Waals surface area contributed by atoms with Gasteiger partial charge in [0, 0.05) is 37.9 Å². The maximum Gasteiger partial charge on any atom is 0.407 e. The standard InChI is InChI=1S/C12H19BN4O3/c1-13(18)14-11-9-10(3-4-12(11)17(19)20)16-7-5-15(2)6-8-16/h3-4,9,14,18H,5-8H2,1-2H3. The monoisotopic (exact) mass is 278 g/mol. The summed E-state index contributed by atoms with van der Waals surface area (Å²) < 4.78 is 0. The normalized spacial score (nSPS) is 16.1. The van der Waals surface area contributed by atoms with Crippen molar-refractivity contribution in [2.45, 2.75) is 6.82 Å². The molecular formula is C12H19BN4O3. The predicted molar refractivity (Wildman–Crippen MR) is 80.3 cm³/mol. The molecule has 0 aromatic heterocycles. The number of nitro groups is 1. The Balaban J connectivity index is 2.24. The Bertz CT molecular complexity index is 490. The second-order valence-electron chi connectivity index (χ2n) is 5.07. The third kappa shape index (κ3) is 3.40. The van der Waals surface area contributed by atoms with Gasteiger partial charge < -0.3 is 20.1 Å². The van der Waals surface area contributed by atoms with Crippen LogP contribution in [0.2, 0.25) is 6.82 Å². The van der Waals surface area contributed by atoms with Gasteiger partial charge in [-0.2, -0.15) is 0 Å². The molecule has 0 atom stereocenters. The van der Waals surface area contributed by atoms with Gasteiger partial charge in [0.15, 0.2) is 0 Å². The molecule has 1 aromatic rings. The summed E-state index contributed by atoms with van der Waals surface area (Å²) in [6.07, 6.45) is 0. The zero-order valence-corrected chi connectivity index (χ0v) is 11.7. The topological polar surface area (TPSA) is 81.9 Å². The van der Waals surface area contributed by atoms with Gasteiger partial charge in [-0.15, -0.1) is 0 Å². The molecule has 20 heavy (non-hydrogen) atoms. The summed E-state index contributed by atoms with van der Waals surface area (Å²) in [6, 6.07) is 4.98. The molecule has 1 aromatic carbocycles. The number of hydrogen-bond acceptors (Lipinski definition) is 6. The number of nitrogens with zero attached hydrogens (tertiary/aromatic N) is 3. The van der Waals surface area contributed by atoms with Crippen LogP contribution in [0.15, 0.2) is 18.2 Å². The molecule has 2 N–H and O–H groups in total. The number of likely N-dealkylation sites (N-methyl/N-ethyl adjacent to an activating group) is 1. The molecule has 1 saturated heterocycles. The molecule has 1 fully saturated rings. The Kier molecular flexibility index (Phi) is 4.46. The molecule has 0 aliphatic carbocycles. The van der Waals surface area contributed by atoms with Crippen molar-refractivity contribution in [3.63, 3.8) is 0 Å². The molecule has 1 aliphatic rings. The zero-order valence-electron chi connectivity index (χ0n) is 11.7. The van der Waals surface area contributed by atoms with Gasteiger partial charge in [0.25, 0.3) is 5.69 Å². The van der Waals surface area contributed by atoms with E-state index >= 15 is 0 Å². The Morgan fingerprint density at radius 2 is 2.00 bits per heavy atom. The van der Waals surface area contributed by atoms with Gasteiger partial charge in [-0.1, -0.05) is 0 Å². The van der Waals surface area contributed by atoms with E-state index in [0.29, 0.717) is 5.69 Å². The number of piperazine rings is 1. The van der Waals surface area contributed by atoms with Crippen LogP contribution in [-0.4, -0.2) is 55.1 Å². The van der Waals surface area contributed by atoms with E-state index in [0.717, 1.165) is 31.9 Å². The number of rotatable bonds is 4. The summed E-state index contributed by atoms with van der Waals surface area (Å²) in [4.78, 5) is 15.0. The number of nitro benzene ring substituents is 1. The lowest BCUT2D eigenvalue weighted by molar-refractivity contribution is -0.383. The third-order valence-corrected chi connectivity index (χ3v) is 3.41. The first-order valence-corrected chi connectivity index (χ1v) is 6.64. The van der Waals surface area contributed by atoms with Crippen molar-refractivity contribution >= 4 is 24.1 Å². The summed E-state index contributed by atoms with van der Waals surface area (Å²) in [5.74, 6) is 0. The van der Waals surface area contributed by atoms with Crippen molar-refractivity contribution in [1.29, 1.82) is 0 Å². The third-order valence-electron chi connectivity index (χ3n) is 3.41. The quantitative estimate of drug-likeness (QED) is 0.483. The minimum Gasteiger partial charge on any atom is -0.433 e. The van der Waals surface area contributed by atoms with Crippen molar-refractivity contribution < 1.29 is 9.95 Å². The second-order valence-corrected chi connectivity index (χ2v) is 5.07. The number of anilines is 2. The van der Waals surface area contributed by atoms with Crippen LogP contribution in [0.25, 0.3) is 0 Å². The SMILES string of the molecule is CB(O)Nc1cc(N2CCN(C)CC2)ccc1[N+](=O)[O-]. The molecule has 1 aliphatic heterocycles. The maximum absolute atomic E-state index is 11.0. The molecule has 0 saturated carbocycles. The Morgan fingerprint density at radius 3 is 2.55 bits per heavy atom. The molecule has 0 amide bonds. The minimum atomic E-state index is -0.837. The molecule has 0 spiro atoms. The van der Waals surface area contributed by atoms with Gasteiger partial charge >= 0.3 is 7.05 Å². The Hall–Kier alpha value is -1.80. The van der Waals surface area contributed by atoms with Gasteiger partial charge in [-0.05, 0) is 26.0 Å². The average Bonchev–Trinajstić information content (AvgIpc) is 2.38. The Labute approximate surface area is 118 Å². The van der Waals surface area contributed by atoms with Crippen LogP contribution in [0.1, 0.15) is 0 Å². The zero-order chi connectivity index (χ0) is 14.7. The summed E-state index contributed by atoms with van der Waals surface area (Å²) in [6.45, 7) is 5.25. The summed E-state index contributed by atoms with van der Waals surface area (Å²) in [5, 5.41) is 23.1. The summed E-state index contributed by atoms with van der Waals surface area (Å²) in [7, 11) is 1.24. The molecule has 1 heterocycles. The number of benzene rings is 1. The molecular weight excluding hydrogens is 259 g/mol. The van der Waals surface area contributed by atoms with Crippen molar-refractivity contribution in [3.8, 4) is 0 Å². The first-order chi connectivity index (χ1) is 9.47. The number of nitrogens with one attached hydrogen (secondary N) is 1. The van der Waals surface area contributed by atoms with Crippen LogP contribution in [0, 0.1) is 10.1 Å². The second kappa shape index (κ2) is 6.10. The van der Waals surface area contributed by atoms with Crippen LogP contribution in [-0.2, 0) is 0 Å².